The fraction of sp³-hybridized carbons (Fsp3) is 0.140. The van der Waals surface area contributed by atoms with E-state index in [2.05, 4.69) is 127 Å². The maximum Gasteiger partial charge on any atom is 0.303 e. The second-order valence-electron chi connectivity index (χ2n) is 12.3. The number of fused-ring (bicyclic) bond motifs is 5. The van der Waals surface area contributed by atoms with E-state index in [4.69, 9.17) is 9.47 Å². The van der Waals surface area contributed by atoms with Crippen molar-refractivity contribution in [1.29, 1.82) is 0 Å². The number of ether oxygens (including phenoxy) is 2. The molecule has 2 aliphatic heterocycles. The molecule has 5 aromatic rings. The Balaban J connectivity index is 1.50. The summed E-state index contributed by atoms with van der Waals surface area (Å²) >= 11 is 0. The summed E-state index contributed by atoms with van der Waals surface area (Å²) in [6.45, 7) is 1.49. The number of allylic oxidation sites excluding steroid dienone is 1. The molecule has 8 rings (SSSR count). The highest BCUT2D eigenvalue weighted by Gasteiger charge is 2.71. The van der Waals surface area contributed by atoms with Crippen LogP contribution < -0.4 is 0 Å². The molecule has 0 N–H and O–H groups in total. The molecular formula is C43H34O3. The Bertz CT molecular complexity index is 1920. The third-order valence-corrected chi connectivity index (χ3v) is 9.77. The Hall–Kier alpha value is -5.25. The van der Waals surface area contributed by atoms with Crippen molar-refractivity contribution in [2.75, 3.05) is 0 Å². The zero-order valence-electron chi connectivity index (χ0n) is 25.6. The first-order chi connectivity index (χ1) is 22.6. The molecule has 3 nitrogen and oxygen atoms in total. The monoisotopic (exact) mass is 598 g/mol. The molecule has 3 heteroatoms. The molecule has 0 spiro atoms. The van der Waals surface area contributed by atoms with E-state index < -0.39 is 17.3 Å². The molecule has 0 unspecified atom stereocenters. The van der Waals surface area contributed by atoms with Gasteiger partial charge in [0.25, 0.3) is 0 Å². The van der Waals surface area contributed by atoms with Gasteiger partial charge in [0.15, 0.2) is 6.10 Å². The Morgan fingerprint density at radius 1 is 0.652 bits per heavy atom. The number of benzene rings is 5. The van der Waals surface area contributed by atoms with E-state index in [0.717, 1.165) is 33.4 Å². The van der Waals surface area contributed by atoms with Gasteiger partial charge in [-0.3, -0.25) is 4.79 Å². The van der Waals surface area contributed by atoms with Crippen molar-refractivity contribution >= 4 is 17.1 Å². The van der Waals surface area contributed by atoms with E-state index in [-0.39, 0.29) is 17.8 Å². The van der Waals surface area contributed by atoms with Crippen LogP contribution in [0.2, 0.25) is 0 Å². The molecule has 46 heavy (non-hydrogen) atoms. The van der Waals surface area contributed by atoms with Gasteiger partial charge in [0.05, 0.1) is 0 Å². The molecule has 2 heterocycles. The molecule has 0 radical (unpaired) electrons. The van der Waals surface area contributed by atoms with Crippen molar-refractivity contribution in [3.8, 4) is 0 Å². The summed E-state index contributed by atoms with van der Waals surface area (Å²) < 4.78 is 14.1. The zero-order valence-corrected chi connectivity index (χ0v) is 25.6. The lowest BCUT2D eigenvalue weighted by atomic mass is 9.70. The van der Waals surface area contributed by atoms with Gasteiger partial charge < -0.3 is 9.47 Å². The fourth-order valence-electron chi connectivity index (χ4n) is 8.05. The number of hydrogen-bond acceptors (Lipinski definition) is 3. The van der Waals surface area contributed by atoms with Crippen molar-refractivity contribution in [2.24, 2.45) is 11.8 Å². The maximum absolute atomic E-state index is 13.0. The van der Waals surface area contributed by atoms with Crippen molar-refractivity contribution in [2.45, 2.75) is 24.2 Å². The Labute approximate surface area is 270 Å². The summed E-state index contributed by atoms with van der Waals surface area (Å²) in [5, 5.41) is 0. The van der Waals surface area contributed by atoms with E-state index in [1.165, 1.54) is 18.1 Å². The SMILES string of the molecule is CC(=O)O[C@H]1C(c2ccccc2)=C[C@@]2(c3ccccc3)O[C@]1(c1ccccc1)[C@H]1C=CC(=C(c3ccccc3)c3ccccc3)[C@H]12. The Morgan fingerprint density at radius 2 is 1.15 bits per heavy atom. The predicted molar refractivity (Wildman–Crippen MR) is 182 cm³/mol. The maximum atomic E-state index is 13.0. The number of carbonyl (C=O) groups is 1. The summed E-state index contributed by atoms with van der Waals surface area (Å²) in [5.41, 5.74) is 6.85. The fourth-order valence-corrected chi connectivity index (χ4v) is 8.05. The minimum Gasteiger partial charge on any atom is -0.454 e. The first kappa shape index (κ1) is 28.2. The highest BCUT2D eigenvalue weighted by atomic mass is 16.6. The minimum atomic E-state index is -0.996. The van der Waals surface area contributed by atoms with E-state index in [9.17, 15) is 4.79 Å². The molecular weight excluding hydrogens is 564 g/mol. The van der Waals surface area contributed by atoms with Crippen LogP contribution in [0.15, 0.2) is 175 Å². The van der Waals surface area contributed by atoms with Crippen LogP contribution in [-0.2, 0) is 25.5 Å². The van der Waals surface area contributed by atoms with Gasteiger partial charge in [0.1, 0.15) is 11.2 Å². The van der Waals surface area contributed by atoms with Gasteiger partial charge in [-0.2, -0.15) is 0 Å². The van der Waals surface area contributed by atoms with Crippen molar-refractivity contribution in [3.63, 3.8) is 0 Å². The van der Waals surface area contributed by atoms with Crippen LogP contribution in [0.5, 0.6) is 0 Å². The first-order valence-corrected chi connectivity index (χ1v) is 15.9. The first-order valence-electron chi connectivity index (χ1n) is 15.9. The van der Waals surface area contributed by atoms with Gasteiger partial charge in [0.2, 0.25) is 0 Å². The molecule has 0 aromatic heterocycles. The minimum absolute atomic E-state index is 0.121. The highest BCUT2D eigenvalue weighted by Crippen LogP contribution is 2.69. The van der Waals surface area contributed by atoms with Gasteiger partial charge in [-0.15, -0.1) is 0 Å². The molecule has 5 atom stereocenters. The van der Waals surface area contributed by atoms with E-state index in [1.807, 2.05) is 42.5 Å². The summed E-state index contributed by atoms with van der Waals surface area (Å²) in [6.07, 6.45) is 6.19. The average molecular weight is 599 g/mol. The molecule has 224 valence electrons. The van der Waals surface area contributed by atoms with Gasteiger partial charge in [-0.25, -0.2) is 0 Å². The van der Waals surface area contributed by atoms with Crippen LogP contribution in [0.1, 0.15) is 34.7 Å². The number of hydrogen-bond donors (Lipinski definition) is 0. The number of carbonyl (C=O) groups excluding carboxylic acids is 1. The normalized spacial score (nSPS) is 25.9. The lowest BCUT2D eigenvalue weighted by Gasteiger charge is -2.46. The van der Waals surface area contributed by atoms with E-state index in [0.29, 0.717) is 0 Å². The van der Waals surface area contributed by atoms with E-state index >= 15 is 0 Å². The lowest BCUT2D eigenvalue weighted by Crippen LogP contribution is -2.50. The van der Waals surface area contributed by atoms with E-state index in [1.54, 1.807) is 0 Å². The third kappa shape index (κ3) is 4.34. The molecule has 1 saturated heterocycles. The number of rotatable bonds is 6. The average Bonchev–Trinajstić information content (AvgIpc) is 3.66. The van der Waals surface area contributed by atoms with Gasteiger partial charge in [-0.1, -0.05) is 164 Å². The van der Waals surface area contributed by atoms with Crippen LogP contribution >= 0.6 is 0 Å². The largest absolute Gasteiger partial charge is 0.454 e. The van der Waals surface area contributed by atoms with Crippen molar-refractivity contribution in [1.82, 2.24) is 0 Å². The predicted octanol–water partition coefficient (Wildman–Crippen LogP) is 9.14. The third-order valence-electron chi connectivity index (χ3n) is 9.77. The van der Waals surface area contributed by atoms with Gasteiger partial charge in [0, 0.05) is 24.3 Å². The quantitative estimate of drug-likeness (QED) is 0.183. The summed E-state index contributed by atoms with van der Waals surface area (Å²) in [5.74, 6) is -0.604. The molecule has 0 saturated carbocycles. The molecule has 1 fully saturated rings. The topological polar surface area (TPSA) is 35.5 Å². The van der Waals surface area contributed by atoms with Crippen LogP contribution in [0, 0.1) is 11.8 Å². The molecule has 2 bridgehead atoms. The zero-order chi connectivity index (χ0) is 31.1. The number of esters is 1. The second-order valence-corrected chi connectivity index (χ2v) is 12.3. The van der Waals surface area contributed by atoms with Gasteiger partial charge >= 0.3 is 5.97 Å². The Morgan fingerprint density at radius 3 is 1.70 bits per heavy atom. The van der Waals surface area contributed by atoms with Crippen LogP contribution in [-0.4, -0.2) is 12.1 Å². The van der Waals surface area contributed by atoms with Crippen LogP contribution in [0.25, 0.3) is 11.1 Å². The summed E-state index contributed by atoms with van der Waals surface area (Å²) in [7, 11) is 0. The standard InChI is InChI=1S/C43H34O3/c1-30(44)45-41-37(31-17-7-2-8-18-31)29-42(34-23-13-5-14-24-34)40-36(27-28-38(40)43(41,46-42)35-25-15-6-16-26-35)39(32-19-9-3-10-20-32)33-21-11-4-12-22-33/h2-29,38,40-41H,1H3/t38-,40+,41-,42-,43+/m0/s1. The molecule has 3 aliphatic rings. The van der Waals surface area contributed by atoms with Crippen molar-refractivity contribution in [3.05, 3.63) is 203 Å². The Kier molecular flexibility index (Phi) is 6.92. The molecule has 0 amide bonds. The van der Waals surface area contributed by atoms with Crippen molar-refractivity contribution < 1.29 is 14.3 Å². The summed E-state index contributed by atoms with van der Waals surface area (Å²) in [4.78, 5) is 13.0. The summed E-state index contributed by atoms with van der Waals surface area (Å²) in [6, 6.07) is 52.5. The van der Waals surface area contributed by atoms with Crippen LogP contribution in [0.4, 0.5) is 0 Å². The smallest absolute Gasteiger partial charge is 0.303 e. The lowest BCUT2D eigenvalue weighted by molar-refractivity contribution is -0.181. The molecule has 5 aromatic carbocycles. The van der Waals surface area contributed by atoms with Crippen LogP contribution in [0.3, 0.4) is 0 Å². The molecule has 1 aliphatic carbocycles. The van der Waals surface area contributed by atoms with Gasteiger partial charge in [-0.05, 0) is 45.0 Å². The highest BCUT2D eigenvalue weighted by molar-refractivity contribution is 5.86. The second kappa shape index (κ2) is 11.3.